The average Bonchev–Trinajstić information content (AvgIpc) is 2.31. The van der Waals surface area contributed by atoms with E-state index in [1.165, 1.54) is 0 Å². The lowest BCUT2D eigenvalue weighted by atomic mass is 10.2. The van der Waals surface area contributed by atoms with Crippen molar-refractivity contribution in [3.05, 3.63) is 29.8 Å². The molecule has 82 valence electrons. The zero-order chi connectivity index (χ0) is 11.8. The van der Waals surface area contributed by atoms with Crippen LogP contribution in [-0.2, 0) is 9.59 Å². The topological polar surface area (TPSA) is 46.2 Å². The van der Waals surface area contributed by atoms with Gasteiger partial charge in [-0.3, -0.25) is 4.79 Å². The summed E-state index contributed by atoms with van der Waals surface area (Å²) in [7, 11) is 0. The maximum Gasteiger partial charge on any atom is 0.239 e. The van der Waals surface area contributed by atoms with Crippen LogP contribution in [0.25, 0.3) is 0 Å². The van der Waals surface area contributed by atoms with Gasteiger partial charge in [-0.05, 0) is 24.3 Å². The second kappa shape index (κ2) is 6.65. The van der Waals surface area contributed by atoms with Gasteiger partial charge in [-0.25, -0.2) is 0 Å². The number of nitrogens with one attached hydrogen (secondary N) is 1. The number of hydrogen-bond donors (Lipinski definition) is 1. The summed E-state index contributed by atoms with van der Waals surface area (Å²) >= 11 is 5.35. The standard InChI is InChI=1S/C12H10ClNO2/c13-9-12(16)14-11-6-4-10(5-7-11)3-1-2-8-15/h4-8H,2,9H2,(H,14,16). The van der Waals surface area contributed by atoms with Crippen LogP contribution in [0.1, 0.15) is 12.0 Å². The Morgan fingerprint density at radius 1 is 1.38 bits per heavy atom. The number of carbonyl (C=O) groups is 2. The number of rotatable bonds is 3. The van der Waals surface area contributed by atoms with Gasteiger partial charge >= 0.3 is 0 Å². The van der Waals surface area contributed by atoms with Crippen molar-refractivity contribution in [1.82, 2.24) is 0 Å². The van der Waals surface area contributed by atoms with Gasteiger partial charge in [-0.2, -0.15) is 0 Å². The van der Waals surface area contributed by atoms with Crippen molar-refractivity contribution in [3.63, 3.8) is 0 Å². The first-order chi connectivity index (χ1) is 7.76. The van der Waals surface area contributed by atoms with E-state index in [-0.39, 0.29) is 18.2 Å². The number of anilines is 1. The summed E-state index contributed by atoms with van der Waals surface area (Å²) in [5, 5.41) is 2.61. The second-order valence-corrected chi connectivity index (χ2v) is 3.20. The highest BCUT2D eigenvalue weighted by molar-refractivity contribution is 6.29. The molecule has 0 saturated heterocycles. The molecule has 1 amide bonds. The van der Waals surface area contributed by atoms with Crippen molar-refractivity contribution in [2.24, 2.45) is 0 Å². The van der Waals surface area contributed by atoms with Crippen LogP contribution >= 0.6 is 11.6 Å². The van der Waals surface area contributed by atoms with Crippen LogP contribution in [0, 0.1) is 11.8 Å². The minimum absolute atomic E-state index is 0.0686. The molecule has 16 heavy (non-hydrogen) atoms. The van der Waals surface area contributed by atoms with Crippen LogP contribution in [0.4, 0.5) is 5.69 Å². The molecule has 0 radical (unpaired) electrons. The monoisotopic (exact) mass is 235 g/mol. The number of alkyl halides is 1. The quantitative estimate of drug-likeness (QED) is 0.493. The number of aldehydes is 1. The van der Waals surface area contributed by atoms with E-state index in [0.717, 1.165) is 11.8 Å². The van der Waals surface area contributed by atoms with Crippen molar-refractivity contribution < 1.29 is 9.59 Å². The van der Waals surface area contributed by atoms with Crippen LogP contribution < -0.4 is 5.32 Å². The molecule has 4 heteroatoms. The maximum absolute atomic E-state index is 11.0. The Balaban J connectivity index is 2.65. The predicted octanol–water partition coefficient (Wildman–Crippen LogP) is 1.80. The zero-order valence-electron chi connectivity index (χ0n) is 8.50. The molecule has 0 saturated carbocycles. The van der Waals surface area contributed by atoms with E-state index in [1.54, 1.807) is 24.3 Å². The van der Waals surface area contributed by atoms with Crippen LogP contribution in [0.2, 0.25) is 0 Å². The lowest BCUT2D eigenvalue weighted by molar-refractivity contribution is -0.114. The zero-order valence-corrected chi connectivity index (χ0v) is 9.25. The van der Waals surface area contributed by atoms with Crippen LogP contribution in [0.3, 0.4) is 0 Å². The number of amides is 1. The molecule has 0 heterocycles. The molecule has 0 aliphatic carbocycles. The molecule has 1 aromatic carbocycles. The number of hydrogen-bond acceptors (Lipinski definition) is 2. The van der Waals surface area contributed by atoms with Gasteiger partial charge in [0.25, 0.3) is 0 Å². The molecule has 3 nitrogen and oxygen atoms in total. The van der Waals surface area contributed by atoms with Gasteiger partial charge in [0.15, 0.2) is 0 Å². The van der Waals surface area contributed by atoms with E-state index in [0.29, 0.717) is 5.69 Å². The first-order valence-corrected chi connectivity index (χ1v) is 5.18. The highest BCUT2D eigenvalue weighted by Gasteiger charge is 1.98. The SMILES string of the molecule is O=CCC#Cc1ccc(NC(=O)CCl)cc1. The third kappa shape index (κ3) is 4.16. The largest absolute Gasteiger partial charge is 0.325 e. The maximum atomic E-state index is 11.0. The lowest BCUT2D eigenvalue weighted by Crippen LogP contribution is -2.12. The Labute approximate surface area is 98.8 Å². The van der Waals surface area contributed by atoms with Gasteiger partial charge in [0, 0.05) is 11.3 Å². The van der Waals surface area contributed by atoms with E-state index in [9.17, 15) is 9.59 Å². The van der Waals surface area contributed by atoms with Crippen molar-refractivity contribution in [2.75, 3.05) is 11.2 Å². The first kappa shape index (κ1) is 12.3. The molecule has 0 atom stereocenters. The fourth-order valence-corrected chi connectivity index (χ4v) is 1.09. The molecule has 1 aromatic rings. The summed E-state index contributed by atoms with van der Waals surface area (Å²) in [6, 6.07) is 6.99. The van der Waals surface area contributed by atoms with Gasteiger partial charge in [0.1, 0.15) is 12.2 Å². The molecule has 1 N–H and O–H groups in total. The summed E-state index contributed by atoms with van der Waals surface area (Å²) in [6.45, 7) is 0. The van der Waals surface area contributed by atoms with E-state index in [2.05, 4.69) is 17.2 Å². The Bertz CT molecular complexity index is 429. The molecular formula is C12H10ClNO2. The van der Waals surface area contributed by atoms with E-state index in [1.807, 2.05) is 0 Å². The highest BCUT2D eigenvalue weighted by Crippen LogP contribution is 2.08. The van der Waals surface area contributed by atoms with E-state index < -0.39 is 0 Å². The van der Waals surface area contributed by atoms with Gasteiger partial charge in [0.2, 0.25) is 5.91 Å². The summed E-state index contributed by atoms with van der Waals surface area (Å²) < 4.78 is 0. The van der Waals surface area contributed by atoms with Crippen molar-refractivity contribution in [3.8, 4) is 11.8 Å². The van der Waals surface area contributed by atoms with E-state index in [4.69, 9.17) is 11.6 Å². The Morgan fingerprint density at radius 2 is 2.06 bits per heavy atom. The smallest absolute Gasteiger partial charge is 0.239 e. The molecular weight excluding hydrogens is 226 g/mol. The van der Waals surface area contributed by atoms with Gasteiger partial charge in [-0.15, -0.1) is 11.6 Å². The summed E-state index contributed by atoms with van der Waals surface area (Å²) in [5.41, 5.74) is 1.47. The van der Waals surface area contributed by atoms with Crippen molar-refractivity contribution in [1.29, 1.82) is 0 Å². The van der Waals surface area contributed by atoms with E-state index >= 15 is 0 Å². The minimum atomic E-state index is -0.249. The normalized spacial score (nSPS) is 8.81. The minimum Gasteiger partial charge on any atom is -0.325 e. The average molecular weight is 236 g/mol. The molecule has 0 aromatic heterocycles. The van der Waals surface area contributed by atoms with Gasteiger partial charge in [0.05, 0.1) is 6.42 Å². The fraction of sp³-hybridized carbons (Fsp3) is 0.167. The highest BCUT2D eigenvalue weighted by atomic mass is 35.5. The molecule has 0 fully saturated rings. The first-order valence-electron chi connectivity index (χ1n) is 4.64. The lowest BCUT2D eigenvalue weighted by Gasteiger charge is -2.01. The summed E-state index contributed by atoms with van der Waals surface area (Å²) in [5.74, 6) is 5.20. The van der Waals surface area contributed by atoms with Gasteiger partial charge in [-0.1, -0.05) is 11.8 Å². The third-order valence-electron chi connectivity index (χ3n) is 1.71. The summed E-state index contributed by atoms with van der Waals surface area (Å²) in [4.78, 5) is 21.0. The Morgan fingerprint density at radius 3 is 2.62 bits per heavy atom. The number of carbonyl (C=O) groups excluding carboxylic acids is 2. The molecule has 0 unspecified atom stereocenters. The number of halogens is 1. The van der Waals surface area contributed by atoms with Crippen LogP contribution in [-0.4, -0.2) is 18.1 Å². The summed E-state index contributed by atoms with van der Waals surface area (Å²) in [6.07, 6.45) is 0.979. The molecule has 0 aliphatic rings. The van der Waals surface area contributed by atoms with Gasteiger partial charge < -0.3 is 10.1 Å². The molecule has 0 spiro atoms. The van der Waals surface area contributed by atoms with Crippen molar-refractivity contribution >= 4 is 29.5 Å². The Hall–Kier alpha value is -1.79. The third-order valence-corrected chi connectivity index (χ3v) is 1.95. The van der Waals surface area contributed by atoms with Crippen LogP contribution in [0.15, 0.2) is 24.3 Å². The number of benzene rings is 1. The molecule has 1 rings (SSSR count). The van der Waals surface area contributed by atoms with Crippen LogP contribution in [0.5, 0.6) is 0 Å². The predicted molar refractivity (Wildman–Crippen MR) is 63.4 cm³/mol. The molecule has 0 bridgehead atoms. The van der Waals surface area contributed by atoms with Crippen molar-refractivity contribution in [2.45, 2.75) is 6.42 Å². The fourth-order valence-electron chi connectivity index (χ4n) is 1.03. The molecule has 0 aliphatic heterocycles. The second-order valence-electron chi connectivity index (χ2n) is 2.93. The Kier molecular flexibility index (Phi) is 5.10.